The Labute approximate surface area is 74.3 Å². The molecule has 3 nitrogen and oxygen atoms in total. The number of ether oxygens (including phenoxy) is 1. The van der Waals surface area contributed by atoms with Gasteiger partial charge in [-0.05, 0) is 19.3 Å². The molecular formula is C8H7ClO3. The van der Waals surface area contributed by atoms with Crippen LogP contribution >= 0.6 is 11.6 Å². The van der Waals surface area contributed by atoms with Crippen LogP contribution in [-0.4, -0.2) is 11.9 Å². The molecule has 12 heavy (non-hydrogen) atoms. The SMILES string of the molecule is O=C1OC(=O)C12CCCC=C2Cl. The molecule has 0 unspecified atom stereocenters. The first-order valence-corrected chi connectivity index (χ1v) is 4.18. The second-order valence-electron chi connectivity index (χ2n) is 3.03. The van der Waals surface area contributed by atoms with Gasteiger partial charge in [0.15, 0.2) is 0 Å². The third-order valence-corrected chi connectivity index (χ3v) is 2.85. The summed E-state index contributed by atoms with van der Waals surface area (Å²) in [7, 11) is 0. The molecule has 0 amide bonds. The van der Waals surface area contributed by atoms with E-state index in [0.29, 0.717) is 11.5 Å². The molecule has 0 aromatic carbocycles. The predicted molar refractivity (Wildman–Crippen MR) is 41.3 cm³/mol. The van der Waals surface area contributed by atoms with Crippen molar-refractivity contribution in [2.24, 2.45) is 5.41 Å². The number of hydrogen-bond donors (Lipinski definition) is 0. The highest BCUT2D eigenvalue weighted by Crippen LogP contribution is 2.47. The van der Waals surface area contributed by atoms with E-state index in [1.54, 1.807) is 6.08 Å². The molecule has 0 aromatic heterocycles. The van der Waals surface area contributed by atoms with Crippen molar-refractivity contribution in [2.75, 3.05) is 0 Å². The van der Waals surface area contributed by atoms with E-state index in [1.807, 2.05) is 0 Å². The summed E-state index contributed by atoms with van der Waals surface area (Å²) in [5.74, 6) is -0.984. The van der Waals surface area contributed by atoms with Crippen molar-refractivity contribution in [1.29, 1.82) is 0 Å². The normalized spacial score (nSPS) is 26.2. The molecule has 1 fully saturated rings. The van der Waals surface area contributed by atoms with Crippen LogP contribution in [0.3, 0.4) is 0 Å². The van der Waals surface area contributed by atoms with E-state index in [4.69, 9.17) is 11.6 Å². The Morgan fingerprint density at radius 1 is 1.42 bits per heavy atom. The zero-order chi connectivity index (χ0) is 8.77. The van der Waals surface area contributed by atoms with Crippen LogP contribution in [0.5, 0.6) is 0 Å². The quantitative estimate of drug-likeness (QED) is 0.424. The average molecular weight is 187 g/mol. The number of carbonyl (C=O) groups is 2. The molecule has 0 bridgehead atoms. The molecule has 1 heterocycles. The Balaban J connectivity index is 2.41. The van der Waals surface area contributed by atoms with Crippen molar-refractivity contribution >= 4 is 23.5 Å². The minimum absolute atomic E-state index is 0.343. The lowest BCUT2D eigenvalue weighted by Gasteiger charge is -2.37. The van der Waals surface area contributed by atoms with Crippen molar-refractivity contribution in [1.82, 2.24) is 0 Å². The van der Waals surface area contributed by atoms with Gasteiger partial charge in [-0.3, -0.25) is 0 Å². The van der Waals surface area contributed by atoms with Gasteiger partial charge < -0.3 is 4.74 Å². The van der Waals surface area contributed by atoms with E-state index >= 15 is 0 Å². The van der Waals surface area contributed by atoms with Gasteiger partial charge in [0.1, 0.15) is 0 Å². The van der Waals surface area contributed by atoms with Gasteiger partial charge in [0.25, 0.3) is 0 Å². The Morgan fingerprint density at radius 2 is 2.08 bits per heavy atom. The molecule has 1 saturated heterocycles. The summed E-state index contributed by atoms with van der Waals surface area (Å²) in [6, 6.07) is 0. The fourth-order valence-electron chi connectivity index (χ4n) is 1.58. The molecule has 2 aliphatic rings. The second kappa shape index (κ2) is 2.33. The molecule has 0 atom stereocenters. The van der Waals surface area contributed by atoms with Crippen molar-refractivity contribution in [2.45, 2.75) is 19.3 Å². The summed E-state index contributed by atoms with van der Waals surface area (Å²) < 4.78 is 4.30. The molecular weight excluding hydrogens is 180 g/mol. The summed E-state index contributed by atoms with van der Waals surface area (Å²) in [4.78, 5) is 22.1. The second-order valence-corrected chi connectivity index (χ2v) is 3.43. The van der Waals surface area contributed by atoms with Gasteiger partial charge in [0.2, 0.25) is 5.41 Å². The minimum atomic E-state index is -1.10. The van der Waals surface area contributed by atoms with Gasteiger partial charge in [0, 0.05) is 5.03 Å². The van der Waals surface area contributed by atoms with Crippen LogP contribution in [0.2, 0.25) is 0 Å². The number of rotatable bonds is 0. The first-order valence-electron chi connectivity index (χ1n) is 3.81. The lowest BCUT2D eigenvalue weighted by atomic mass is 9.75. The first-order chi connectivity index (χ1) is 5.68. The Morgan fingerprint density at radius 3 is 2.50 bits per heavy atom. The monoisotopic (exact) mass is 186 g/mol. The smallest absolute Gasteiger partial charge is 0.336 e. The highest BCUT2D eigenvalue weighted by atomic mass is 35.5. The van der Waals surface area contributed by atoms with Gasteiger partial charge in [0.05, 0.1) is 0 Å². The maximum absolute atomic E-state index is 11.1. The van der Waals surface area contributed by atoms with Gasteiger partial charge in [-0.15, -0.1) is 0 Å². The van der Waals surface area contributed by atoms with Gasteiger partial charge in [-0.2, -0.15) is 0 Å². The molecule has 0 aromatic rings. The highest BCUT2D eigenvalue weighted by molar-refractivity contribution is 6.37. The van der Waals surface area contributed by atoms with Crippen LogP contribution < -0.4 is 0 Å². The fourth-order valence-corrected chi connectivity index (χ4v) is 1.94. The number of esters is 2. The Bertz CT molecular complexity index is 279. The van der Waals surface area contributed by atoms with Crippen LogP contribution in [-0.2, 0) is 14.3 Å². The number of hydrogen-bond acceptors (Lipinski definition) is 3. The first kappa shape index (κ1) is 7.80. The lowest BCUT2D eigenvalue weighted by molar-refractivity contribution is -0.193. The van der Waals surface area contributed by atoms with E-state index in [2.05, 4.69) is 4.74 Å². The summed E-state index contributed by atoms with van der Waals surface area (Å²) in [5, 5.41) is 0.343. The van der Waals surface area contributed by atoms with Crippen LogP contribution in [0.25, 0.3) is 0 Å². The zero-order valence-electron chi connectivity index (χ0n) is 6.30. The van der Waals surface area contributed by atoms with Gasteiger partial charge in [-0.25, -0.2) is 9.59 Å². The molecule has 0 radical (unpaired) electrons. The number of cyclic esters (lactones) is 2. The van der Waals surface area contributed by atoms with Crippen molar-refractivity contribution in [3.63, 3.8) is 0 Å². The largest absolute Gasteiger partial charge is 0.391 e. The summed E-state index contributed by atoms with van der Waals surface area (Å²) in [6.07, 6.45) is 3.88. The summed E-state index contributed by atoms with van der Waals surface area (Å²) in [5.41, 5.74) is -1.10. The molecule has 2 rings (SSSR count). The minimum Gasteiger partial charge on any atom is -0.391 e. The zero-order valence-corrected chi connectivity index (χ0v) is 7.06. The van der Waals surface area contributed by atoms with Crippen LogP contribution in [0.15, 0.2) is 11.1 Å². The number of halogens is 1. The predicted octanol–water partition coefficient (Wildman–Crippen LogP) is 1.36. The molecule has 64 valence electrons. The van der Waals surface area contributed by atoms with E-state index in [-0.39, 0.29) is 0 Å². The topological polar surface area (TPSA) is 43.4 Å². The molecule has 1 aliphatic heterocycles. The van der Waals surface area contributed by atoms with Crippen molar-refractivity contribution in [3.05, 3.63) is 11.1 Å². The van der Waals surface area contributed by atoms with Gasteiger partial charge >= 0.3 is 11.9 Å². The summed E-state index contributed by atoms with van der Waals surface area (Å²) in [6.45, 7) is 0. The van der Waals surface area contributed by atoms with Crippen molar-refractivity contribution < 1.29 is 14.3 Å². The number of allylic oxidation sites excluding steroid dienone is 1. The maximum atomic E-state index is 11.1. The van der Waals surface area contributed by atoms with Crippen LogP contribution in [0.4, 0.5) is 0 Å². The third-order valence-electron chi connectivity index (χ3n) is 2.37. The third kappa shape index (κ3) is 0.719. The highest BCUT2D eigenvalue weighted by Gasteiger charge is 2.61. The molecule has 1 aliphatic carbocycles. The fraction of sp³-hybridized carbons (Fsp3) is 0.500. The van der Waals surface area contributed by atoms with Gasteiger partial charge in [-0.1, -0.05) is 17.7 Å². The van der Waals surface area contributed by atoms with Crippen LogP contribution in [0.1, 0.15) is 19.3 Å². The Hall–Kier alpha value is -0.830. The average Bonchev–Trinajstić information content (AvgIpc) is 2.05. The number of carbonyl (C=O) groups excluding carboxylic acids is 2. The Kier molecular flexibility index (Phi) is 1.51. The van der Waals surface area contributed by atoms with E-state index < -0.39 is 17.4 Å². The lowest BCUT2D eigenvalue weighted by Crippen LogP contribution is -2.54. The molecule has 0 N–H and O–H groups in total. The molecule has 1 spiro atoms. The maximum Gasteiger partial charge on any atom is 0.336 e. The molecule has 4 heteroatoms. The van der Waals surface area contributed by atoms with Crippen LogP contribution in [0, 0.1) is 5.41 Å². The van der Waals surface area contributed by atoms with E-state index in [1.165, 1.54) is 0 Å². The van der Waals surface area contributed by atoms with E-state index in [0.717, 1.165) is 12.8 Å². The van der Waals surface area contributed by atoms with E-state index in [9.17, 15) is 9.59 Å². The summed E-state index contributed by atoms with van der Waals surface area (Å²) >= 11 is 5.80. The molecule has 0 saturated carbocycles. The standard InChI is InChI=1S/C8H7ClO3/c9-5-3-1-2-4-8(5)6(10)12-7(8)11/h3H,1-2,4H2. The van der Waals surface area contributed by atoms with Crippen molar-refractivity contribution in [3.8, 4) is 0 Å².